The number of amides is 2. The van der Waals surface area contributed by atoms with Crippen molar-refractivity contribution in [3.63, 3.8) is 0 Å². The SMILES string of the molecule is C=C1C(=O)N(OS(=O)[O-])C(=O)c2cccc(/C=C\C)c21. The second-order valence-electron chi connectivity index (χ2n) is 3.93. The van der Waals surface area contributed by atoms with Crippen LogP contribution >= 0.6 is 0 Å². The minimum atomic E-state index is -3.03. The first-order chi connectivity index (χ1) is 9.47. The van der Waals surface area contributed by atoms with Crippen molar-refractivity contribution in [3.8, 4) is 0 Å². The lowest BCUT2D eigenvalue weighted by atomic mass is 9.91. The van der Waals surface area contributed by atoms with Crippen LogP contribution in [0.25, 0.3) is 11.6 Å². The van der Waals surface area contributed by atoms with Crippen molar-refractivity contribution in [2.45, 2.75) is 6.92 Å². The second-order valence-corrected chi connectivity index (χ2v) is 4.49. The minimum Gasteiger partial charge on any atom is -0.748 e. The molecule has 0 aliphatic carbocycles. The summed E-state index contributed by atoms with van der Waals surface area (Å²) in [6.07, 6.45) is 3.49. The predicted molar refractivity (Wildman–Crippen MR) is 71.4 cm³/mol. The van der Waals surface area contributed by atoms with Crippen molar-refractivity contribution in [1.29, 1.82) is 0 Å². The summed E-state index contributed by atoms with van der Waals surface area (Å²) in [4.78, 5) is 24.1. The molecule has 0 fully saturated rings. The first-order valence-corrected chi connectivity index (χ1v) is 6.58. The third-order valence-electron chi connectivity index (χ3n) is 2.74. The molecule has 1 aromatic rings. The molecule has 0 saturated carbocycles. The summed E-state index contributed by atoms with van der Waals surface area (Å²) in [5, 5.41) is 0.188. The lowest BCUT2D eigenvalue weighted by Gasteiger charge is -2.27. The normalized spacial score (nSPS) is 16.7. The van der Waals surface area contributed by atoms with E-state index in [1.54, 1.807) is 31.2 Å². The first kappa shape index (κ1) is 14.3. The molecule has 1 heterocycles. The molecule has 6 nitrogen and oxygen atoms in total. The van der Waals surface area contributed by atoms with Gasteiger partial charge in [-0.3, -0.25) is 9.59 Å². The Kier molecular flexibility index (Phi) is 3.93. The maximum Gasteiger partial charge on any atom is 0.286 e. The average Bonchev–Trinajstić information content (AvgIpc) is 2.41. The predicted octanol–water partition coefficient (Wildman–Crippen LogP) is 1.44. The van der Waals surface area contributed by atoms with E-state index in [0.29, 0.717) is 11.1 Å². The Labute approximate surface area is 117 Å². The molecular formula is C13H10NO5S-. The minimum absolute atomic E-state index is 0.00116. The highest BCUT2D eigenvalue weighted by molar-refractivity contribution is 7.74. The third kappa shape index (κ3) is 2.34. The molecule has 20 heavy (non-hydrogen) atoms. The zero-order valence-electron chi connectivity index (χ0n) is 10.5. The number of carbonyl (C=O) groups excluding carboxylic acids is 2. The van der Waals surface area contributed by atoms with Crippen LogP contribution in [-0.2, 0) is 20.4 Å². The quantitative estimate of drug-likeness (QED) is 0.478. The van der Waals surface area contributed by atoms with Crippen molar-refractivity contribution in [2.24, 2.45) is 0 Å². The molecule has 1 aliphatic heterocycles. The zero-order chi connectivity index (χ0) is 14.9. The molecule has 0 saturated heterocycles. The number of hydrogen-bond acceptors (Lipinski definition) is 5. The van der Waals surface area contributed by atoms with Gasteiger partial charge in [-0.2, -0.15) is 4.28 Å². The van der Waals surface area contributed by atoms with Crippen molar-refractivity contribution >= 4 is 34.8 Å². The zero-order valence-corrected chi connectivity index (χ0v) is 11.3. The van der Waals surface area contributed by atoms with Gasteiger partial charge in [0, 0.05) is 11.1 Å². The van der Waals surface area contributed by atoms with Gasteiger partial charge in [-0.1, -0.05) is 30.9 Å². The van der Waals surface area contributed by atoms with Gasteiger partial charge in [-0.05, 0) is 18.6 Å². The van der Waals surface area contributed by atoms with Crippen LogP contribution in [0.4, 0.5) is 0 Å². The fraction of sp³-hybridized carbons (Fsp3) is 0.0769. The van der Waals surface area contributed by atoms with E-state index < -0.39 is 23.2 Å². The number of benzene rings is 1. The molecule has 0 aromatic heterocycles. The Morgan fingerprint density at radius 2 is 2.05 bits per heavy atom. The van der Waals surface area contributed by atoms with Crippen LogP contribution < -0.4 is 0 Å². The molecule has 0 bridgehead atoms. The monoisotopic (exact) mass is 292 g/mol. The van der Waals surface area contributed by atoms with Crippen molar-refractivity contribution < 1.29 is 22.6 Å². The van der Waals surface area contributed by atoms with Gasteiger partial charge in [0.15, 0.2) is 0 Å². The van der Waals surface area contributed by atoms with E-state index in [0.717, 1.165) is 0 Å². The Morgan fingerprint density at radius 1 is 1.35 bits per heavy atom. The number of fused-ring (bicyclic) bond motifs is 1. The van der Waals surface area contributed by atoms with E-state index in [1.165, 1.54) is 6.07 Å². The summed E-state index contributed by atoms with van der Waals surface area (Å²) >= 11 is -3.03. The van der Waals surface area contributed by atoms with E-state index in [-0.39, 0.29) is 16.2 Å². The van der Waals surface area contributed by atoms with E-state index in [1.807, 2.05) is 0 Å². The molecule has 0 N–H and O–H groups in total. The first-order valence-electron chi connectivity index (χ1n) is 5.58. The van der Waals surface area contributed by atoms with E-state index in [9.17, 15) is 18.4 Å². The highest BCUT2D eigenvalue weighted by atomic mass is 32.2. The molecule has 104 valence electrons. The summed E-state index contributed by atoms with van der Waals surface area (Å²) in [5.41, 5.74) is 1.20. The summed E-state index contributed by atoms with van der Waals surface area (Å²) < 4.78 is 25.3. The average molecular weight is 292 g/mol. The van der Waals surface area contributed by atoms with E-state index >= 15 is 0 Å². The molecule has 7 heteroatoms. The molecule has 2 rings (SSSR count). The fourth-order valence-electron chi connectivity index (χ4n) is 1.96. The van der Waals surface area contributed by atoms with Crippen LogP contribution in [0, 0.1) is 0 Å². The molecule has 1 atom stereocenters. The number of hydrogen-bond donors (Lipinski definition) is 0. The smallest absolute Gasteiger partial charge is 0.286 e. The number of imide groups is 1. The Morgan fingerprint density at radius 3 is 2.65 bits per heavy atom. The summed E-state index contributed by atoms with van der Waals surface area (Å²) in [6.45, 7) is 5.41. The molecule has 1 aliphatic rings. The summed E-state index contributed by atoms with van der Waals surface area (Å²) in [7, 11) is 0. The van der Waals surface area contributed by atoms with Crippen LogP contribution in [-0.4, -0.2) is 25.6 Å². The van der Waals surface area contributed by atoms with Crippen LogP contribution in [0.1, 0.15) is 28.4 Å². The lowest BCUT2D eigenvalue weighted by molar-refractivity contribution is -0.141. The van der Waals surface area contributed by atoms with Crippen molar-refractivity contribution in [3.05, 3.63) is 47.5 Å². The number of rotatable bonds is 3. The van der Waals surface area contributed by atoms with Gasteiger partial charge in [0.2, 0.25) is 0 Å². The second kappa shape index (κ2) is 5.49. The standard InChI is InChI=1S/C13H11NO5S/c1-3-5-9-6-4-7-10-11(9)8(2)12(15)14(13(10)16)19-20(17)18/h3-7H,2H2,1H3,(H,17,18)/p-1/b5-3-. The highest BCUT2D eigenvalue weighted by Gasteiger charge is 2.36. The van der Waals surface area contributed by atoms with Gasteiger partial charge >= 0.3 is 0 Å². The van der Waals surface area contributed by atoms with Gasteiger partial charge in [-0.15, -0.1) is 5.06 Å². The third-order valence-corrected chi connectivity index (χ3v) is 3.01. The molecule has 0 radical (unpaired) electrons. The number of hydroxylamine groups is 2. The van der Waals surface area contributed by atoms with Crippen molar-refractivity contribution in [1.82, 2.24) is 5.06 Å². The lowest BCUT2D eigenvalue weighted by Crippen LogP contribution is -2.42. The van der Waals surface area contributed by atoms with Crippen LogP contribution in [0.5, 0.6) is 0 Å². The topological polar surface area (TPSA) is 86.7 Å². The number of allylic oxidation sites excluding steroid dienone is 1. The molecule has 0 spiro atoms. The van der Waals surface area contributed by atoms with Gasteiger partial charge in [0.05, 0.1) is 5.56 Å². The number of carbonyl (C=O) groups is 2. The Hall–Kier alpha value is -2.09. The largest absolute Gasteiger partial charge is 0.748 e. The molecule has 1 aromatic carbocycles. The van der Waals surface area contributed by atoms with E-state index in [2.05, 4.69) is 10.9 Å². The maximum atomic E-state index is 12.1. The van der Waals surface area contributed by atoms with Crippen LogP contribution in [0.2, 0.25) is 0 Å². The van der Waals surface area contributed by atoms with Crippen LogP contribution in [0.15, 0.2) is 30.9 Å². The van der Waals surface area contributed by atoms with Gasteiger partial charge in [0.25, 0.3) is 11.8 Å². The summed E-state index contributed by atoms with van der Waals surface area (Å²) in [6, 6.07) is 4.83. The Balaban J connectivity index is 2.60. The molecule has 1 unspecified atom stereocenters. The fourth-order valence-corrected chi connectivity index (χ4v) is 2.22. The maximum absolute atomic E-state index is 12.1. The highest BCUT2D eigenvalue weighted by Crippen LogP contribution is 2.31. The molecule has 2 amide bonds. The van der Waals surface area contributed by atoms with Crippen LogP contribution in [0.3, 0.4) is 0 Å². The Bertz CT molecular complexity index is 665. The van der Waals surface area contributed by atoms with E-state index in [4.69, 9.17) is 0 Å². The number of nitrogens with zero attached hydrogens (tertiary/aromatic N) is 1. The van der Waals surface area contributed by atoms with Gasteiger partial charge in [-0.25, -0.2) is 4.21 Å². The van der Waals surface area contributed by atoms with Gasteiger partial charge in [0.1, 0.15) is 11.4 Å². The van der Waals surface area contributed by atoms with Gasteiger partial charge < -0.3 is 4.55 Å². The molecular weight excluding hydrogens is 282 g/mol. The summed E-state index contributed by atoms with van der Waals surface area (Å²) in [5.74, 6) is -1.74. The van der Waals surface area contributed by atoms with Crippen molar-refractivity contribution in [2.75, 3.05) is 0 Å².